The van der Waals surface area contributed by atoms with Crippen LogP contribution >= 0.6 is 0 Å². The lowest BCUT2D eigenvalue weighted by molar-refractivity contribution is -0.137. The summed E-state index contributed by atoms with van der Waals surface area (Å²) < 4.78 is 15.1. The average Bonchev–Trinajstić information content (AvgIpc) is 3.12. The van der Waals surface area contributed by atoms with Crippen molar-refractivity contribution in [3.63, 3.8) is 0 Å². The van der Waals surface area contributed by atoms with Crippen molar-refractivity contribution < 1.29 is 19.1 Å². The second kappa shape index (κ2) is 9.01. The van der Waals surface area contributed by atoms with Crippen molar-refractivity contribution in [3.8, 4) is 5.69 Å². The first-order valence-electron chi connectivity index (χ1n) is 10.2. The molecule has 0 atom stereocenters. The zero-order chi connectivity index (χ0) is 22.7. The highest BCUT2D eigenvalue weighted by molar-refractivity contribution is 5.98. The van der Waals surface area contributed by atoms with Crippen LogP contribution in [-0.4, -0.2) is 44.5 Å². The van der Waals surface area contributed by atoms with E-state index in [1.165, 1.54) is 17.0 Å². The van der Waals surface area contributed by atoms with Crippen LogP contribution in [0.5, 0.6) is 0 Å². The summed E-state index contributed by atoms with van der Waals surface area (Å²) >= 11 is 0. The number of fused-ring (bicyclic) bond motifs is 1. The van der Waals surface area contributed by atoms with Crippen LogP contribution in [0.2, 0.25) is 0 Å². The van der Waals surface area contributed by atoms with Crippen molar-refractivity contribution in [2.24, 2.45) is 0 Å². The minimum atomic E-state index is -1.09. The first-order valence-corrected chi connectivity index (χ1v) is 10.2. The standard InChI is InChI=1S/C25H22FN3O3/c1-17-27-22-15-19(9-12-23(22)29(17)21-5-3-2-4-6-21)25(32)28(16-24(30)31)14-13-18-7-10-20(26)11-8-18/h2-12,15H,13-14,16H2,1H3,(H,30,31). The molecule has 4 rings (SSSR count). The normalized spacial score (nSPS) is 10.9. The van der Waals surface area contributed by atoms with Gasteiger partial charge in [-0.2, -0.15) is 0 Å². The molecule has 0 bridgehead atoms. The molecule has 32 heavy (non-hydrogen) atoms. The summed E-state index contributed by atoms with van der Waals surface area (Å²) in [5.41, 5.74) is 3.68. The fraction of sp³-hybridized carbons (Fsp3) is 0.160. The molecule has 4 aromatic rings. The van der Waals surface area contributed by atoms with Crippen LogP contribution in [0.4, 0.5) is 4.39 Å². The van der Waals surface area contributed by atoms with Crippen LogP contribution in [0.1, 0.15) is 21.7 Å². The molecule has 1 aromatic heterocycles. The number of hydrogen-bond donors (Lipinski definition) is 1. The fourth-order valence-electron chi connectivity index (χ4n) is 3.75. The van der Waals surface area contributed by atoms with Gasteiger partial charge in [-0.05, 0) is 61.4 Å². The number of para-hydroxylation sites is 1. The summed E-state index contributed by atoms with van der Waals surface area (Å²) in [7, 11) is 0. The number of aliphatic carboxylic acids is 1. The third-order valence-corrected chi connectivity index (χ3v) is 5.28. The quantitative estimate of drug-likeness (QED) is 0.475. The number of aromatic nitrogens is 2. The molecule has 1 N–H and O–H groups in total. The Hall–Kier alpha value is -4.00. The minimum Gasteiger partial charge on any atom is -0.480 e. The van der Waals surface area contributed by atoms with Gasteiger partial charge in [0.2, 0.25) is 0 Å². The molecule has 0 fully saturated rings. The minimum absolute atomic E-state index is 0.201. The Morgan fingerprint density at radius 3 is 2.44 bits per heavy atom. The number of rotatable bonds is 7. The van der Waals surface area contributed by atoms with E-state index in [-0.39, 0.29) is 18.3 Å². The van der Waals surface area contributed by atoms with Crippen LogP contribution in [0.15, 0.2) is 72.8 Å². The molecular weight excluding hydrogens is 409 g/mol. The Kier molecular flexibility index (Phi) is 5.98. The summed E-state index contributed by atoms with van der Waals surface area (Å²) in [5, 5.41) is 9.29. The molecule has 3 aromatic carbocycles. The molecule has 0 radical (unpaired) electrons. The van der Waals surface area contributed by atoms with Crippen molar-refractivity contribution >= 4 is 22.9 Å². The summed E-state index contributed by atoms with van der Waals surface area (Å²) in [4.78, 5) is 30.4. The van der Waals surface area contributed by atoms with Gasteiger partial charge in [0.1, 0.15) is 18.2 Å². The summed E-state index contributed by atoms with van der Waals surface area (Å²) in [6.07, 6.45) is 0.420. The molecule has 0 aliphatic heterocycles. The summed E-state index contributed by atoms with van der Waals surface area (Å²) in [6.45, 7) is 1.68. The van der Waals surface area contributed by atoms with Crippen molar-refractivity contribution in [2.45, 2.75) is 13.3 Å². The van der Waals surface area contributed by atoms with Gasteiger partial charge in [-0.3, -0.25) is 14.2 Å². The number of halogens is 1. The maximum Gasteiger partial charge on any atom is 0.323 e. The monoisotopic (exact) mass is 431 g/mol. The van der Waals surface area contributed by atoms with E-state index < -0.39 is 12.5 Å². The Morgan fingerprint density at radius 2 is 1.75 bits per heavy atom. The van der Waals surface area contributed by atoms with Gasteiger partial charge in [-0.25, -0.2) is 9.37 Å². The zero-order valence-electron chi connectivity index (χ0n) is 17.5. The predicted molar refractivity (Wildman–Crippen MR) is 119 cm³/mol. The molecule has 0 saturated carbocycles. The Morgan fingerprint density at radius 1 is 1.03 bits per heavy atom. The van der Waals surface area contributed by atoms with Crippen molar-refractivity contribution in [1.29, 1.82) is 0 Å². The highest BCUT2D eigenvalue weighted by Crippen LogP contribution is 2.23. The topological polar surface area (TPSA) is 75.4 Å². The molecule has 7 heteroatoms. The van der Waals surface area contributed by atoms with Crippen LogP contribution < -0.4 is 0 Å². The molecule has 0 aliphatic carbocycles. The predicted octanol–water partition coefficient (Wildman–Crippen LogP) is 4.24. The first kappa shape index (κ1) is 21.2. The van der Waals surface area contributed by atoms with Gasteiger partial charge in [-0.1, -0.05) is 30.3 Å². The van der Waals surface area contributed by atoms with Gasteiger partial charge < -0.3 is 10.0 Å². The number of aryl methyl sites for hydroxylation is 1. The molecule has 1 heterocycles. The van der Waals surface area contributed by atoms with Crippen molar-refractivity contribution in [1.82, 2.24) is 14.5 Å². The van der Waals surface area contributed by atoms with Crippen LogP contribution in [0.3, 0.4) is 0 Å². The van der Waals surface area contributed by atoms with E-state index >= 15 is 0 Å². The molecule has 0 spiro atoms. The average molecular weight is 431 g/mol. The van der Waals surface area contributed by atoms with Gasteiger partial charge in [0, 0.05) is 17.8 Å². The van der Waals surface area contributed by atoms with E-state index in [9.17, 15) is 19.1 Å². The summed E-state index contributed by atoms with van der Waals surface area (Å²) in [5.74, 6) is -1.04. The van der Waals surface area contributed by atoms with E-state index in [2.05, 4.69) is 4.98 Å². The number of carboxylic acid groups (broad SMARTS) is 1. The second-order valence-corrected chi connectivity index (χ2v) is 7.53. The SMILES string of the molecule is Cc1nc2cc(C(=O)N(CCc3ccc(F)cc3)CC(=O)O)ccc2n1-c1ccccc1. The fourth-order valence-corrected chi connectivity index (χ4v) is 3.75. The van der Waals surface area contributed by atoms with Crippen LogP contribution in [0.25, 0.3) is 16.7 Å². The summed E-state index contributed by atoms with van der Waals surface area (Å²) in [6, 6.07) is 21.0. The van der Waals surface area contributed by atoms with Gasteiger partial charge in [0.25, 0.3) is 5.91 Å². The van der Waals surface area contributed by atoms with Crippen molar-refractivity contribution in [3.05, 3.63) is 95.6 Å². The molecule has 0 unspecified atom stereocenters. The van der Waals surface area contributed by atoms with Gasteiger partial charge in [0.15, 0.2) is 0 Å². The van der Waals surface area contributed by atoms with Crippen LogP contribution in [-0.2, 0) is 11.2 Å². The Balaban J connectivity index is 1.61. The van der Waals surface area contributed by atoms with E-state index in [0.717, 1.165) is 22.6 Å². The van der Waals surface area contributed by atoms with Gasteiger partial charge in [0.05, 0.1) is 11.0 Å². The number of hydrogen-bond acceptors (Lipinski definition) is 3. The highest BCUT2D eigenvalue weighted by atomic mass is 19.1. The lowest BCUT2D eigenvalue weighted by Gasteiger charge is -2.21. The van der Waals surface area contributed by atoms with E-state index in [1.54, 1.807) is 24.3 Å². The third-order valence-electron chi connectivity index (χ3n) is 5.28. The second-order valence-electron chi connectivity index (χ2n) is 7.53. The number of amides is 1. The molecule has 162 valence electrons. The van der Waals surface area contributed by atoms with Crippen molar-refractivity contribution in [2.75, 3.05) is 13.1 Å². The number of nitrogens with zero attached hydrogens (tertiary/aromatic N) is 3. The highest BCUT2D eigenvalue weighted by Gasteiger charge is 2.20. The van der Waals surface area contributed by atoms with E-state index in [4.69, 9.17) is 0 Å². The lowest BCUT2D eigenvalue weighted by Crippen LogP contribution is -2.37. The first-order chi connectivity index (χ1) is 15.4. The smallest absolute Gasteiger partial charge is 0.323 e. The Labute approximate surface area is 184 Å². The number of benzene rings is 3. The maximum absolute atomic E-state index is 13.1. The third kappa shape index (κ3) is 4.51. The van der Waals surface area contributed by atoms with Gasteiger partial charge >= 0.3 is 5.97 Å². The number of imidazole rings is 1. The van der Waals surface area contributed by atoms with Crippen LogP contribution in [0, 0.1) is 12.7 Å². The number of carbonyl (C=O) groups is 2. The molecule has 6 nitrogen and oxygen atoms in total. The lowest BCUT2D eigenvalue weighted by atomic mass is 10.1. The maximum atomic E-state index is 13.1. The zero-order valence-corrected chi connectivity index (χ0v) is 17.5. The largest absolute Gasteiger partial charge is 0.480 e. The molecular formula is C25H22FN3O3. The molecule has 0 aliphatic rings. The number of carbonyl (C=O) groups excluding carboxylic acids is 1. The van der Waals surface area contributed by atoms with E-state index in [0.29, 0.717) is 17.5 Å². The molecule has 1 amide bonds. The number of carboxylic acids is 1. The Bertz CT molecular complexity index is 1270. The molecule has 0 saturated heterocycles. The van der Waals surface area contributed by atoms with Gasteiger partial charge in [-0.15, -0.1) is 0 Å². The van der Waals surface area contributed by atoms with E-state index in [1.807, 2.05) is 47.9 Å².